The summed E-state index contributed by atoms with van der Waals surface area (Å²) in [7, 11) is 2.13. The number of aromatic nitrogens is 1. The van der Waals surface area contributed by atoms with Crippen molar-refractivity contribution in [3.05, 3.63) is 30.1 Å². The number of piperidine rings is 1. The van der Waals surface area contributed by atoms with E-state index < -0.39 is 0 Å². The summed E-state index contributed by atoms with van der Waals surface area (Å²) in [5.41, 5.74) is 0.892. The molecule has 3 rings (SSSR count). The molecule has 3 heterocycles. The van der Waals surface area contributed by atoms with Gasteiger partial charge in [-0.05, 0) is 52.3 Å². The maximum Gasteiger partial charge on any atom is 0.317 e. The molecule has 0 aromatic carbocycles. The highest BCUT2D eigenvalue weighted by Crippen LogP contribution is 2.36. The van der Waals surface area contributed by atoms with Crippen molar-refractivity contribution >= 4 is 6.03 Å². The van der Waals surface area contributed by atoms with Crippen LogP contribution in [0.25, 0.3) is 0 Å². The number of likely N-dealkylation sites (tertiary alicyclic amines) is 1. The Labute approximate surface area is 150 Å². The fourth-order valence-corrected chi connectivity index (χ4v) is 3.87. The smallest absolute Gasteiger partial charge is 0.317 e. The third-order valence-corrected chi connectivity index (χ3v) is 5.19. The Balaban J connectivity index is 1.58. The van der Waals surface area contributed by atoms with Gasteiger partial charge < -0.3 is 15.0 Å². The minimum atomic E-state index is -0.185. The molecule has 2 atom stereocenters. The van der Waals surface area contributed by atoms with Crippen molar-refractivity contribution < 1.29 is 9.53 Å². The highest BCUT2D eigenvalue weighted by atomic mass is 16.5. The molecule has 1 aromatic heterocycles. The molecule has 2 aliphatic rings. The van der Waals surface area contributed by atoms with Crippen LogP contribution in [0, 0.1) is 0 Å². The zero-order valence-electron chi connectivity index (χ0n) is 15.6. The third kappa shape index (κ3) is 4.50. The van der Waals surface area contributed by atoms with E-state index in [1.165, 1.54) is 0 Å². The van der Waals surface area contributed by atoms with E-state index in [2.05, 4.69) is 28.3 Å². The first-order valence-electron chi connectivity index (χ1n) is 9.27. The topological polar surface area (TPSA) is 57.7 Å². The fraction of sp³-hybridized carbons (Fsp3) is 0.684. The van der Waals surface area contributed by atoms with Crippen LogP contribution in [-0.2, 0) is 11.3 Å². The predicted molar refractivity (Wildman–Crippen MR) is 97.3 cm³/mol. The van der Waals surface area contributed by atoms with E-state index in [9.17, 15) is 4.79 Å². The Morgan fingerprint density at radius 2 is 2.36 bits per heavy atom. The fourth-order valence-electron chi connectivity index (χ4n) is 3.87. The minimum absolute atomic E-state index is 0.0305. The summed E-state index contributed by atoms with van der Waals surface area (Å²) >= 11 is 0. The van der Waals surface area contributed by atoms with E-state index in [0.29, 0.717) is 12.6 Å². The molecule has 2 aliphatic heterocycles. The van der Waals surface area contributed by atoms with Gasteiger partial charge in [0, 0.05) is 31.4 Å². The molecule has 1 aromatic rings. The van der Waals surface area contributed by atoms with Gasteiger partial charge in [-0.1, -0.05) is 6.07 Å². The lowest BCUT2D eigenvalue weighted by molar-refractivity contribution is -0.0415. The first-order chi connectivity index (χ1) is 12.0. The van der Waals surface area contributed by atoms with Gasteiger partial charge in [0.25, 0.3) is 0 Å². The lowest BCUT2D eigenvalue weighted by Crippen LogP contribution is -2.54. The van der Waals surface area contributed by atoms with Gasteiger partial charge in [0.05, 0.1) is 24.4 Å². The molecule has 25 heavy (non-hydrogen) atoms. The number of urea groups is 1. The van der Waals surface area contributed by atoms with Crippen molar-refractivity contribution in [1.29, 1.82) is 0 Å². The van der Waals surface area contributed by atoms with E-state index >= 15 is 0 Å². The van der Waals surface area contributed by atoms with Crippen LogP contribution >= 0.6 is 0 Å². The Morgan fingerprint density at radius 3 is 3.08 bits per heavy atom. The molecule has 0 unspecified atom stereocenters. The quantitative estimate of drug-likeness (QED) is 0.908. The van der Waals surface area contributed by atoms with Gasteiger partial charge in [-0.15, -0.1) is 0 Å². The molecular weight excluding hydrogens is 316 g/mol. The van der Waals surface area contributed by atoms with E-state index in [0.717, 1.165) is 44.7 Å². The van der Waals surface area contributed by atoms with Gasteiger partial charge in [-0.3, -0.25) is 9.88 Å². The zero-order chi connectivity index (χ0) is 17.9. The number of rotatable bonds is 4. The molecular formula is C19H30N4O2. The molecule has 138 valence electrons. The predicted octanol–water partition coefficient (Wildman–Crippen LogP) is 2.25. The largest absolute Gasteiger partial charge is 0.371 e. The molecule has 2 saturated heterocycles. The second-order valence-corrected chi connectivity index (χ2v) is 7.72. The van der Waals surface area contributed by atoms with Crippen LogP contribution in [0.15, 0.2) is 24.4 Å². The Kier molecular flexibility index (Phi) is 5.59. The second-order valence-electron chi connectivity index (χ2n) is 7.72. The number of ether oxygens (including phenoxy) is 1. The van der Waals surface area contributed by atoms with Crippen LogP contribution in [0.3, 0.4) is 0 Å². The van der Waals surface area contributed by atoms with E-state index in [4.69, 9.17) is 4.74 Å². The van der Waals surface area contributed by atoms with Gasteiger partial charge in [0.1, 0.15) is 0 Å². The number of likely N-dealkylation sites (N-methyl/N-ethyl adjacent to an activating group) is 1. The molecule has 6 heteroatoms. The lowest BCUT2D eigenvalue weighted by Gasteiger charge is -2.40. The number of pyridine rings is 1. The summed E-state index contributed by atoms with van der Waals surface area (Å²) in [5.74, 6) is 0. The standard InChI is InChI=1S/C19H30N4O2/c1-15(2)21-18(24)23-10-6-8-19(14-23)11-17(13-25-19)22(3)12-16-7-4-5-9-20-16/h4-5,7,9,15,17H,6,8,10-14H2,1-3H3,(H,21,24)/t17-,19+/m1/s1. The Bertz CT molecular complexity index is 580. The number of amides is 2. The van der Waals surface area contributed by atoms with E-state index in [1.807, 2.05) is 37.1 Å². The zero-order valence-corrected chi connectivity index (χ0v) is 15.6. The molecule has 6 nitrogen and oxygen atoms in total. The number of nitrogens with one attached hydrogen (secondary N) is 1. The summed E-state index contributed by atoms with van der Waals surface area (Å²) in [4.78, 5) is 21.0. The molecule has 0 aliphatic carbocycles. The van der Waals surface area contributed by atoms with E-state index in [1.54, 1.807) is 0 Å². The van der Waals surface area contributed by atoms with Crippen molar-refractivity contribution in [2.45, 2.75) is 57.3 Å². The molecule has 0 saturated carbocycles. The highest BCUT2D eigenvalue weighted by molar-refractivity contribution is 5.74. The number of nitrogens with zero attached hydrogens (tertiary/aromatic N) is 3. The lowest BCUT2D eigenvalue weighted by atomic mass is 9.88. The van der Waals surface area contributed by atoms with Gasteiger partial charge in [-0.25, -0.2) is 4.79 Å². The first-order valence-corrected chi connectivity index (χ1v) is 9.27. The number of hydrogen-bond acceptors (Lipinski definition) is 4. The van der Waals surface area contributed by atoms with Crippen LogP contribution in [0.4, 0.5) is 4.79 Å². The first kappa shape index (κ1) is 18.1. The Hall–Kier alpha value is -1.66. The van der Waals surface area contributed by atoms with Crippen LogP contribution in [0.1, 0.15) is 38.8 Å². The monoisotopic (exact) mass is 346 g/mol. The van der Waals surface area contributed by atoms with Crippen LogP contribution in [0.5, 0.6) is 0 Å². The Morgan fingerprint density at radius 1 is 1.52 bits per heavy atom. The third-order valence-electron chi connectivity index (χ3n) is 5.19. The summed E-state index contributed by atoms with van der Waals surface area (Å²) in [6.07, 6.45) is 4.85. The minimum Gasteiger partial charge on any atom is -0.371 e. The molecule has 2 fully saturated rings. The van der Waals surface area contributed by atoms with Crippen LogP contribution in [0.2, 0.25) is 0 Å². The maximum absolute atomic E-state index is 12.3. The van der Waals surface area contributed by atoms with Crippen LogP contribution in [-0.4, -0.2) is 65.2 Å². The van der Waals surface area contributed by atoms with Crippen molar-refractivity contribution in [1.82, 2.24) is 20.1 Å². The van der Waals surface area contributed by atoms with Gasteiger partial charge in [0.15, 0.2) is 0 Å². The number of carbonyl (C=O) groups is 1. The summed E-state index contributed by atoms with van der Waals surface area (Å²) in [6.45, 7) is 7.04. The summed E-state index contributed by atoms with van der Waals surface area (Å²) < 4.78 is 6.25. The average molecular weight is 346 g/mol. The van der Waals surface area contributed by atoms with Crippen molar-refractivity contribution in [3.8, 4) is 0 Å². The maximum atomic E-state index is 12.3. The normalized spacial score (nSPS) is 26.6. The molecule has 2 amide bonds. The van der Waals surface area contributed by atoms with Crippen LogP contribution < -0.4 is 5.32 Å². The second kappa shape index (κ2) is 7.70. The summed E-state index contributed by atoms with van der Waals surface area (Å²) in [6, 6.07) is 6.58. The molecule has 1 N–H and O–H groups in total. The number of carbonyl (C=O) groups excluding carboxylic acids is 1. The van der Waals surface area contributed by atoms with E-state index in [-0.39, 0.29) is 17.7 Å². The van der Waals surface area contributed by atoms with Gasteiger partial charge in [-0.2, -0.15) is 0 Å². The van der Waals surface area contributed by atoms with Crippen molar-refractivity contribution in [2.24, 2.45) is 0 Å². The van der Waals surface area contributed by atoms with Gasteiger partial charge in [0.2, 0.25) is 0 Å². The number of hydrogen-bond donors (Lipinski definition) is 1. The van der Waals surface area contributed by atoms with Gasteiger partial charge >= 0.3 is 6.03 Å². The van der Waals surface area contributed by atoms with Crippen molar-refractivity contribution in [2.75, 3.05) is 26.7 Å². The van der Waals surface area contributed by atoms with Crippen molar-refractivity contribution in [3.63, 3.8) is 0 Å². The SMILES string of the molecule is CC(C)NC(=O)N1CCC[C@]2(C[C@@H](N(C)Cc3ccccn3)CO2)C1. The molecule has 0 bridgehead atoms. The molecule has 0 radical (unpaired) electrons. The average Bonchev–Trinajstić information content (AvgIpc) is 2.99. The molecule has 1 spiro atoms. The highest BCUT2D eigenvalue weighted by Gasteiger charge is 2.45. The summed E-state index contributed by atoms with van der Waals surface area (Å²) in [5, 5.41) is 3.00.